The van der Waals surface area contributed by atoms with E-state index in [1.165, 1.54) is 32.1 Å². The Morgan fingerprint density at radius 3 is 2.73 bits per heavy atom. The van der Waals surface area contributed by atoms with Crippen molar-refractivity contribution in [2.75, 3.05) is 13.2 Å². The average Bonchev–Trinajstić information content (AvgIpc) is 2.51. The highest BCUT2D eigenvalue weighted by Crippen LogP contribution is 2.21. The van der Waals surface area contributed by atoms with Crippen LogP contribution < -0.4 is 5.32 Å². The van der Waals surface area contributed by atoms with Crippen LogP contribution in [0.4, 0.5) is 0 Å². The number of halogens is 2. The maximum absolute atomic E-state index is 11.9. The van der Waals surface area contributed by atoms with Gasteiger partial charge in [-0.1, -0.05) is 48.5 Å². The third kappa shape index (κ3) is 6.15. The molecule has 0 radical (unpaired) electrons. The van der Waals surface area contributed by atoms with Gasteiger partial charge in [0.15, 0.2) is 0 Å². The molecule has 22 heavy (non-hydrogen) atoms. The second-order valence-electron chi connectivity index (χ2n) is 5.75. The molecule has 0 heterocycles. The van der Waals surface area contributed by atoms with Crippen LogP contribution in [0.3, 0.4) is 0 Å². The van der Waals surface area contributed by atoms with Crippen molar-refractivity contribution in [2.24, 2.45) is 0 Å². The summed E-state index contributed by atoms with van der Waals surface area (Å²) in [7, 11) is 0. The Kier molecular flexibility index (Phi) is 7.50. The van der Waals surface area contributed by atoms with Crippen molar-refractivity contribution in [3.05, 3.63) is 33.8 Å². The maximum atomic E-state index is 11.9. The maximum Gasteiger partial charge on any atom is 0.224 e. The van der Waals surface area contributed by atoms with Crippen LogP contribution in [0.25, 0.3) is 0 Å². The first-order valence-electron chi connectivity index (χ1n) is 7.97. The van der Waals surface area contributed by atoms with Crippen molar-refractivity contribution >= 4 is 29.1 Å². The van der Waals surface area contributed by atoms with Crippen molar-refractivity contribution in [3.63, 3.8) is 0 Å². The minimum Gasteiger partial charge on any atom is -0.378 e. The van der Waals surface area contributed by atoms with E-state index in [1.54, 1.807) is 18.2 Å². The molecule has 1 amide bonds. The van der Waals surface area contributed by atoms with Gasteiger partial charge in [-0.2, -0.15) is 0 Å². The molecule has 0 unspecified atom stereocenters. The summed E-state index contributed by atoms with van der Waals surface area (Å²) in [6, 6.07) is 5.19. The zero-order valence-corrected chi connectivity index (χ0v) is 14.3. The van der Waals surface area contributed by atoms with E-state index in [1.807, 2.05) is 0 Å². The lowest BCUT2D eigenvalue weighted by atomic mass is 9.98. The number of nitrogens with one attached hydrogen (secondary N) is 1. The van der Waals surface area contributed by atoms with E-state index in [9.17, 15) is 4.79 Å². The fourth-order valence-electron chi connectivity index (χ4n) is 2.68. The molecule has 0 aromatic heterocycles. The lowest BCUT2D eigenvalue weighted by molar-refractivity contribution is -0.120. The molecule has 3 nitrogen and oxygen atoms in total. The molecule has 0 bridgehead atoms. The van der Waals surface area contributed by atoms with E-state index in [0.29, 0.717) is 29.3 Å². The van der Waals surface area contributed by atoms with Gasteiger partial charge in [0, 0.05) is 23.2 Å². The van der Waals surface area contributed by atoms with Gasteiger partial charge < -0.3 is 10.1 Å². The molecule has 122 valence electrons. The van der Waals surface area contributed by atoms with Gasteiger partial charge in [-0.25, -0.2) is 0 Å². The molecule has 1 aromatic rings. The fourth-order valence-corrected chi connectivity index (χ4v) is 3.16. The van der Waals surface area contributed by atoms with Crippen LogP contribution in [-0.4, -0.2) is 25.2 Å². The summed E-state index contributed by atoms with van der Waals surface area (Å²) in [4.78, 5) is 11.9. The number of benzene rings is 1. The van der Waals surface area contributed by atoms with Gasteiger partial charge in [0.25, 0.3) is 0 Å². The Labute approximate surface area is 142 Å². The van der Waals surface area contributed by atoms with Gasteiger partial charge >= 0.3 is 0 Å². The second kappa shape index (κ2) is 9.39. The van der Waals surface area contributed by atoms with Gasteiger partial charge in [-0.15, -0.1) is 0 Å². The molecule has 1 saturated carbocycles. The topological polar surface area (TPSA) is 38.3 Å². The molecular weight excluding hydrogens is 321 g/mol. The highest BCUT2D eigenvalue weighted by Gasteiger charge is 2.13. The van der Waals surface area contributed by atoms with Gasteiger partial charge in [-0.3, -0.25) is 4.79 Å². The van der Waals surface area contributed by atoms with Crippen molar-refractivity contribution in [1.82, 2.24) is 5.32 Å². The summed E-state index contributed by atoms with van der Waals surface area (Å²) in [6.07, 6.45) is 7.81. The van der Waals surface area contributed by atoms with E-state index in [-0.39, 0.29) is 12.3 Å². The standard InChI is InChI=1S/C17H23Cl2NO2/c18-14-8-7-13(16(19)12-14)11-17(21)20-9-4-10-22-15-5-2-1-3-6-15/h7-8,12,15H,1-6,9-11H2,(H,20,21). The van der Waals surface area contributed by atoms with Crippen molar-refractivity contribution in [2.45, 2.75) is 51.0 Å². The Hall–Kier alpha value is -0.770. The van der Waals surface area contributed by atoms with E-state index in [4.69, 9.17) is 27.9 Å². The van der Waals surface area contributed by atoms with Crippen LogP contribution in [0.5, 0.6) is 0 Å². The second-order valence-corrected chi connectivity index (χ2v) is 6.59. The first-order chi connectivity index (χ1) is 10.6. The number of carbonyl (C=O) groups excluding carboxylic acids is 1. The smallest absolute Gasteiger partial charge is 0.224 e. The third-order valence-electron chi connectivity index (χ3n) is 3.92. The lowest BCUT2D eigenvalue weighted by Gasteiger charge is -2.21. The Balaban J connectivity index is 1.59. The van der Waals surface area contributed by atoms with Crippen LogP contribution in [0, 0.1) is 0 Å². The van der Waals surface area contributed by atoms with Crippen LogP contribution in [0.1, 0.15) is 44.1 Å². The molecule has 0 spiro atoms. The minimum atomic E-state index is -0.0260. The predicted molar refractivity (Wildman–Crippen MR) is 90.6 cm³/mol. The molecule has 1 aromatic carbocycles. The zero-order chi connectivity index (χ0) is 15.8. The predicted octanol–water partition coefficient (Wildman–Crippen LogP) is 4.39. The van der Waals surface area contributed by atoms with Crippen LogP contribution in [0.2, 0.25) is 10.0 Å². The Bertz CT molecular complexity index is 488. The first-order valence-corrected chi connectivity index (χ1v) is 8.73. The lowest BCUT2D eigenvalue weighted by Crippen LogP contribution is -2.27. The summed E-state index contributed by atoms with van der Waals surface area (Å²) in [5.74, 6) is -0.0260. The van der Waals surface area contributed by atoms with E-state index >= 15 is 0 Å². The van der Waals surface area contributed by atoms with E-state index in [2.05, 4.69) is 5.32 Å². The normalized spacial score (nSPS) is 15.7. The molecule has 0 atom stereocenters. The molecule has 5 heteroatoms. The number of rotatable bonds is 7. The number of hydrogen-bond acceptors (Lipinski definition) is 2. The van der Waals surface area contributed by atoms with Gasteiger partial charge in [0.1, 0.15) is 0 Å². The first kappa shape index (κ1) is 17.6. The molecule has 2 rings (SSSR count). The van der Waals surface area contributed by atoms with Gasteiger partial charge in [-0.05, 0) is 37.0 Å². The minimum absolute atomic E-state index is 0.0260. The summed E-state index contributed by atoms with van der Waals surface area (Å²) < 4.78 is 5.83. The monoisotopic (exact) mass is 343 g/mol. The molecule has 0 aliphatic heterocycles. The molecule has 1 aliphatic rings. The van der Waals surface area contributed by atoms with Gasteiger partial charge in [0.2, 0.25) is 5.91 Å². The van der Waals surface area contributed by atoms with Crippen molar-refractivity contribution in [1.29, 1.82) is 0 Å². The largest absolute Gasteiger partial charge is 0.378 e. The van der Waals surface area contributed by atoms with Crippen LogP contribution in [0.15, 0.2) is 18.2 Å². The highest BCUT2D eigenvalue weighted by molar-refractivity contribution is 6.35. The number of ether oxygens (including phenoxy) is 1. The fraction of sp³-hybridized carbons (Fsp3) is 0.588. The third-order valence-corrected chi connectivity index (χ3v) is 4.50. The average molecular weight is 344 g/mol. The molecule has 1 aliphatic carbocycles. The molecule has 1 N–H and O–H groups in total. The number of amides is 1. The van der Waals surface area contributed by atoms with E-state index < -0.39 is 0 Å². The zero-order valence-electron chi connectivity index (χ0n) is 12.7. The van der Waals surface area contributed by atoms with E-state index in [0.717, 1.165) is 12.0 Å². The highest BCUT2D eigenvalue weighted by atomic mass is 35.5. The summed E-state index contributed by atoms with van der Waals surface area (Å²) in [5.41, 5.74) is 0.794. The molecule has 0 saturated heterocycles. The number of carbonyl (C=O) groups is 1. The quantitative estimate of drug-likeness (QED) is 0.745. The summed E-state index contributed by atoms with van der Waals surface area (Å²) >= 11 is 11.9. The van der Waals surface area contributed by atoms with Crippen molar-refractivity contribution < 1.29 is 9.53 Å². The molecule has 1 fully saturated rings. The van der Waals surface area contributed by atoms with Crippen molar-refractivity contribution in [3.8, 4) is 0 Å². The van der Waals surface area contributed by atoms with Crippen LogP contribution >= 0.6 is 23.2 Å². The Morgan fingerprint density at radius 2 is 2.00 bits per heavy atom. The Morgan fingerprint density at radius 1 is 1.23 bits per heavy atom. The SMILES string of the molecule is O=C(Cc1ccc(Cl)cc1Cl)NCCCOC1CCCCC1. The summed E-state index contributed by atoms with van der Waals surface area (Å²) in [5, 5.41) is 4.01. The summed E-state index contributed by atoms with van der Waals surface area (Å²) in [6.45, 7) is 1.35. The molecular formula is C17H23Cl2NO2. The van der Waals surface area contributed by atoms with Gasteiger partial charge in [0.05, 0.1) is 12.5 Å². The number of hydrogen-bond donors (Lipinski definition) is 1. The van der Waals surface area contributed by atoms with Crippen LogP contribution in [-0.2, 0) is 16.0 Å².